The highest BCUT2D eigenvalue weighted by molar-refractivity contribution is 7.89. The molecule has 3 aromatic rings. The molecule has 9 heteroatoms. The molecule has 1 atom stereocenters. The average Bonchev–Trinajstić information content (AvgIpc) is 3.22. The smallest absolute Gasteiger partial charge is 0.246 e. The summed E-state index contributed by atoms with van der Waals surface area (Å²) in [7, 11) is -3.70. The SMILES string of the molecule is Cc1noc(C)c1S(=O)(=O)NC[C@@H](c1ccsc1)n1cccn1. The second-order valence-corrected chi connectivity index (χ2v) is 7.55. The van der Waals surface area contributed by atoms with Crippen molar-refractivity contribution in [1.29, 1.82) is 0 Å². The Labute approximate surface area is 138 Å². The van der Waals surface area contributed by atoms with E-state index in [0.717, 1.165) is 5.56 Å². The molecule has 0 radical (unpaired) electrons. The summed E-state index contributed by atoms with van der Waals surface area (Å²) < 4.78 is 34.4. The van der Waals surface area contributed by atoms with Gasteiger partial charge in [-0.1, -0.05) is 5.16 Å². The molecule has 0 aliphatic heterocycles. The Kier molecular flexibility index (Phi) is 4.33. The normalized spacial score (nSPS) is 13.3. The van der Waals surface area contributed by atoms with Gasteiger partial charge in [0.15, 0.2) is 5.76 Å². The van der Waals surface area contributed by atoms with Crippen molar-refractivity contribution < 1.29 is 12.9 Å². The van der Waals surface area contributed by atoms with Gasteiger partial charge in [-0.15, -0.1) is 0 Å². The van der Waals surface area contributed by atoms with Crippen LogP contribution in [-0.4, -0.2) is 29.9 Å². The predicted molar refractivity (Wildman–Crippen MR) is 85.9 cm³/mol. The van der Waals surface area contributed by atoms with Crippen molar-refractivity contribution in [2.75, 3.05) is 6.54 Å². The van der Waals surface area contributed by atoms with Crippen molar-refractivity contribution in [2.45, 2.75) is 24.8 Å². The first-order valence-electron chi connectivity index (χ1n) is 6.93. The van der Waals surface area contributed by atoms with Gasteiger partial charge < -0.3 is 4.52 Å². The number of aryl methyl sites for hydroxylation is 2. The van der Waals surface area contributed by atoms with E-state index in [1.165, 1.54) is 0 Å². The van der Waals surface area contributed by atoms with E-state index in [1.807, 2.05) is 29.1 Å². The van der Waals surface area contributed by atoms with Crippen LogP contribution in [0.5, 0.6) is 0 Å². The lowest BCUT2D eigenvalue weighted by atomic mass is 10.1. The average molecular weight is 352 g/mol. The van der Waals surface area contributed by atoms with Crippen molar-refractivity contribution in [3.63, 3.8) is 0 Å². The number of hydrogen-bond acceptors (Lipinski definition) is 6. The zero-order chi connectivity index (χ0) is 16.4. The molecular weight excluding hydrogens is 336 g/mol. The van der Waals surface area contributed by atoms with Crippen LogP contribution in [0, 0.1) is 13.8 Å². The van der Waals surface area contributed by atoms with Gasteiger partial charge in [-0.2, -0.15) is 16.4 Å². The number of thiophene rings is 1. The standard InChI is InChI=1S/C14H16N4O3S2/c1-10-14(11(2)21-17-10)23(19,20)16-8-13(12-4-7-22-9-12)18-6-3-5-15-18/h3-7,9,13,16H,8H2,1-2H3/t13-/m0/s1. The Hall–Kier alpha value is -1.97. The van der Waals surface area contributed by atoms with E-state index in [4.69, 9.17) is 4.52 Å². The van der Waals surface area contributed by atoms with Crippen molar-refractivity contribution in [1.82, 2.24) is 19.7 Å². The fraction of sp³-hybridized carbons (Fsp3) is 0.286. The summed E-state index contributed by atoms with van der Waals surface area (Å²) in [6.07, 6.45) is 3.48. The van der Waals surface area contributed by atoms with Crippen LogP contribution in [-0.2, 0) is 10.0 Å². The van der Waals surface area contributed by atoms with E-state index in [1.54, 1.807) is 36.1 Å². The molecule has 0 aliphatic rings. The molecule has 0 aliphatic carbocycles. The summed E-state index contributed by atoms with van der Waals surface area (Å²) in [6, 6.07) is 3.55. The highest BCUT2D eigenvalue weighted by Gasteiger charge is 2.26. The highest BCUT2D eigenvalue weighted by Crippen LogP contribution is 2.22. The molecule has 0 bridgehead atoms. The molecule has 0 unspecified atom stereocenters. The molecule has 122 valence electrons. The molecular formula is C14H16N4O3S2. The molecule has 3 aromatic heterocycles. The van der Waals surface area contributed by atoms with E-state index in [2.05, 4.69) is 15.0 Å². The van der Waals surface area contributed by atoms with Crippen LogP contribution < -0.4 is 4.72 Å². The number of nitrogens with one attached hydrogen (secondary N) is 1. The largest absolute Gasteiger partial charge is 0.360 e. The lowest BCUT2D eigenvalue weighted by Gasteiger charge is -2.17. The first-order chi connectivity index (χ1) is 11.0. The Morgan fingerprint density at radius 2 is 2.26 bits per heavy atom. The first kappa shape index (κ1) is 15.9. The van der Waals surface area contributed by atoms with Crippen LogP contribution in [0.1, 0.15) is 23.1 Å². The Balaban J connectivity index is 1.85. The maximum atomic E-state index is 12.5. The fourth-order valence-corrected chi connectivity index (χ4v) is 4.48. The van der Waals surface area contributed by atoms with E-state index in [0.29, 0.717) is 5.69 Å². The lowest BCUT2D eigenvalue weighted by Crippen LogP contribution is -2.32. The zero-order valence-corrected chi connectivity index (χ0v) is 14.3. The summed E-state index contributed by atoms with van der Waals surface area (Å²) in [5.74, 6) is 0.279. The van der Waals surface area contributed by atoms with Gasteiger partial charge in [-0.3, -0.25) is 4.68 Å². The summed E-state index contributed by atoms with van der Waals surface area (Å²) in [4.78, 5) is 0.0991. The van der Waals surface area contributed by atoms with Crippen LogP contribution in [0.25, 0.3) is 0 Å². The lowest BCUT2D eigenvalue weighted by molar-refractivity contribution is 0.390. The molecule has 23 heavy (non-hydrogen) atoms. The number of aromatic nitrogens is 3. The third-order valence-corrected chi connectivity index (χ3v) is 5.84. The molecule has 7 nitrogen and oxygen atoms in total. The van der Waals surface area contributed by atoms with Gasteiger partial charge in [0.05, 0.1) is 6.04 Å². The third-order valence-electron chi connectivity index (χ3n) is 3.48. The summed E-state index contributed by atoms with van der Waals surface area (Å²) in [6.45, 7) is 3.37. The van der Waals surface area contributed by atoms with Gasteiger partial charge in [0, 0.05) is 18.9 Å². The number of rotatable bonds is 6. The van der Waals surface area contributed by atoms with E-state index < -0.39 is 10.0 Å². The number of sulfonamides is 1. The molecule has 0 amide bonds. The zero-order valence-electron chi connectivity index (χ0n) is 12.6. The molecule has 0 spiro atoms. The number of nitrogens with zero attached hydrogens (tertiary/aromatic N) is 3. The Morgan fingerprint density at radius 1 is 1.43 bits per heavy atom. The minimum absolute atomic E-state index is 0.0991. The summed E-state index contributed by atoms with van der Waals surface area (Å²) >= 11 is 1.56. The second-order valence-electron chi connectivity index (χ2n) is 5.06. The molecule has 0 saturated heterocycles. The molecule has 0 saturated carbocycles. The van der Waals surface area contributed by atoms with Gasteiger partial charge in [0.2, 0.25) is 10.0 Å². The van der Waals surface area contributed by atoms with Crippen LogP contribution in [0.15, 0.2) is 44.7 Å². The highest BCUT2D eigenvalue weighted by atomic mass is 32.2. The maximum Gasteiger partial charge on any atom is 0.246 e. The molecule has 0 fully saturated rings. The fourth-order valence-electron chi connectivity index (χ4n) is 2.41. The molecule has 3 heterocycles. The van der Waals surface area contributed by atoms with Crippen LogP contribution in [0.3, 0.4) is 0 Å². The Morgan fingerprint density at radius 3 is 2.83 bits per heavy atom. The van der Waals surface area contributed by atoms with Gasteiger partial charge in [-0.25, -0.2) is 13.1 Å². The van der Waals surface area contributed by atoms with E-state index in [-0.39, 0.29) is 23.2 Å². The first-order valence-corrected chi connectivity index (χ1v) is 9.35. The van der Waals surface area contributed by atoms with Crippen molar-refractivity contribution in [3.8, 4) is 0 Å². The minimum Gasteiger partial charge on any atom is -0.360 e. The quantitative estimate of drug-likeness (QED) is 0.734. The van der Waals surface area contributed by atoms with Gasteiger partial charge in [0.1, 0.15) is 10.6 Å². The van der Waals surface area contributed by atoms with Gasteiger partial charge in [-0.05, 0) is 42.3 Å². The van der Waals surface area contributed by atoms with E-state index in [9.17, 15) is 8.42 Å². The van der Waals surface area contributed by atoms with Crippen LogP contribution in [0.2, 0.25) is 0 Å². The van der Waals surface area contributed by atoms with Crippen LogP contribution >= 0.6 is 11.3 Å². The molecule has 0 aromatic carbocycles. The Bertz CT molecular complexity index is 814. The minimum atomic E-state index is -3.70. The summed E-state index contributed by atoms with van der Waals surface area (Å²) in [5.41, 5.74) is 1.35. The van der Waals surface area contributed by atoms with Crippen molar-refractivity contribution in [2.24, 2.45) is 0 Å². The monoisotopic (exact) mass is 352 g/mol. The maximum absolute atomic E-state index is 12.5. The second kappa shape index (κ2) is 6.26. The van der Waals surface area contributed by atoms with Crippen LogP contribution in [0.4, 0.5) is 0 Å². The summed E-state index contributed by atoms with van der Waals surface area (Å²) in [5, 5.41) is 11.9. The third kappa shape index (κ3) is 3.21. The topological polar surface area (TPSA) is 90.0 Å². The predicted octanol–water partition coefficient (Wildman–Crippen LogP) is 2.12. The van der Waals surface area contributed by atoms with Crippen molar-refractivity contribution >= 4 is 21.4 Å². The number of hydrogen-bond donors (Lipinski definition) is 1. The van der Waals surface area contributed by atoms with Gasteiger partial charge in [0.25, 0.3) is 0 Å². The molecule has 1 N–H and O–H groups in total. The van der Waals surface area contributed by atoms with Gasteiger partial charge >= 0.3 is 0 Å². The van der Waals surface area contributed by atoms with E-state index >= 15 is 0 Å². The molecule has 3 rings (SSSR count). The van der Waals surface area contributed by atoms with Crippen molar-refractivity contribution in [3.05, 3.63) is 52.3 Å².